The zero-order valence-corrected chi connectivity index (χ0v) is 11.4. The van der Waals surface area contributed by atoms with Crippen LogP contribution in [0.3, 0.4) is 0 Å². The molecule has 0 bridgehead atoms. The van der Waals surface area contributed by atoms with E-state index in [-0.39, 0.29) is 16.7 Å². The van der Waals surface area contributed by atoms with E-state index in [1.54, 1.807) is 0 Å². The van der Waals surface area contributed by atoms with Gasteiger partial charge in [-0.2, -0.15) is 0 Å². The van der Waals surface area contributed by atoms with Gasteiger partial charge in [-0.3, -0.25) is 0 Å². The molecule has 0 N–H and O–H groups in total. The molecule has 0 spiro atoms. The first-order valence-electron chi connectivity index (χ1n) is 5.44. The summed E-state index contributed by atoms with van der Waals surface area (Å²) >= 11 is 3.13. The highest BCUT2D eigenvalue weighted by Gasteiger charge is 2.18. The number of hydrogen-bond donors (Lipinski definition) is 0. The predicted octanol–water partition coefficient (Wildman–Crippen LogP) is 5.04. The van der Waals surface area contributed by atoms with E-state index in [9.17, 15) is 17.6 Å². The molecule has 0 aromatic heterocycles. The van der Waals surface area contributed by atoms with Gasteiger partial charge in [0.1, 0.15) is 23.3 Å². The molecule has 0 nitrogen and oxygen atoms in total. The van der Waals surface area contributed by atoms with Crippen LogP contribution >= 0.6 is 15.9 Å². The van der Waals surface area contributed by atoms with E-state index in [1.165, 1.54) is 6.92 Å². The maximum Gasteiger partial charge on any atom is 0.128 e. The first-order valence-corrected chi connectivity index (χ1v) is 6.35. The smallest absolute Gasteiger partial charge is 0.128 e. The Balaban J connectivity index is 2.49. The van der Waals surface area contributed by atoms with Crippen LogP contribution in [-0.4, -0.2) is 0 Å². The fourth-order valence-electron chi connectivity index (χ4n) is 1.76. The molecule has 0 aliphatic rings. The summed E-state index contributed by atoms with van der Waals surface area (Å²) in [5, 5.41) is 0. The van der Waals surface area contributed by atoms with Crippen molar-refractivity contribution < 1.29 is 17.6 Å². The third-order valence-corrected chi connectivity index (χ3v) is 3.75. The number of benzene rings is 2. The molecule has 0 heterocycles. The van der Waals surface area contributed by atoms with Crippen molar-refractivity contribution in [2.45, 2.75) is 11.8 Å². The van der Waals surface area contributed by atoms with Crippen LogP contribution in [0.2, 0.25) is 0 Å². The Morgan fingerprint density at radius 1 is 0.842 bits per heavy atom. The van der Waals surface area contributed by atoms with Gasteiger partial charge in [-0.15, -0.1) is 0 Å². The average molecular weight is 333 g/mol. The summed E-state index contributed by atoms with van der Waals surface area (Å²) in [5.41, 5.74) is 0.346. The molecule has 0 aliphatic carbocycles. The number of halogens is 5. The number of alkyl halides is 1. The molecular formula is C14H9BrF4. The van der Waals surface area contributed by atoms with Gasteiger partial charge in [-0.05, 0) is 42.3 Å². The molecule has 0 aliphatic heterocycles. The van der Waals surface area contributed by atoms with E-state index in [1.807, 2.05) is 0 Å². The van der Waals surface area contributed by atoms with Crippen molar-refractivity contribution >= 4 is 15.9 Å². The van der Waals surface area contributed by atoms with Gasteiger partial charge in [0.2, 0.25) is 0 Å². The van der Waals surface area contributed by atoms with Crippen molar-refractivity contribution in [2.24, 2.45) is 0 Å². The maximum atomic E-state index is 13.8. The lowest BCUT2D eigenvalue weighted by atomic mass is 10.0. The molecule has 0 saturated carbocycles. The first-order chi connectivity index (χ1) is 8.88. The standard InChI is InChI=1S/C14H9BrF4/c1-7-2-13(19)11(6-12(7)18)14(15)8-3-9(16)5-10(17)4-8/h2-6,14H,1H3. The Hall–Kier alpha value is -1.36. The lowest BCUT2D eigenvalue weighted by molar-refractivity contribution is 0.574. The van der Waals surface area contributed by atoms with Crippen molar-refractivity contribution in [3.63, 3.8) is 0 Å². The topological polar surface area (TPSA) is 0 Å². The third kappa shape index (κ3) is 2.97. The first kappa shape index (κ1) is 14.1. The lowest BCUT2D eigenvalue weighted by Gasteiger charge is -2.13. The summed E-state index contributed by atoms with van der Waals surface area (Å²) in [5.74, 6) is -2.75. The van der Waals surface area contributed by atoms with Crippen molar-refractivity contribution in [2.75, 3.05) is 0 Å². The molecule has 0 fully saturated rings. The zero-order chi connectivity index (χ0) is 14.2. The normalized spacial score (nSPS) is 12.5. The number of aryl methyl sites for hydroxylation is 1. The maximum absolute atomic E-state index is 13.8. The van der Waals surface area contributed by atoms with Crippen LogP contribution in [0.15, 0.2) is 30.3 Å². The average Bonchev–Trinajstić information content (AvgIpc) is 2.31. The van der Waals surface area contributed by atoms with Gasteiger partial charge in [0.05, 0.1) is 4.83 Å². The molecule has 1 atom stereocenters. The van der Waals surface area contributed by atoms with E-state index in [0.717, 1.165) is 30.3 Å². The van der Waals surface area contributed by atoms with Crippen molar-refractivity contribution in [1.82, 2.24) is 0 Å². The highest BCUT2D eigenvalue weighted by Crippen LogP contribution is 2.34. The fourth-order valence-corrected chi connectivity index (χ4v) is 2.37. The van der Waals surface area contributed by atoms with E-state index < -0.39 is 28.1 Å². The number of hydrogen-bond acceptors (Lipinski definition) is 0. The quantitative estimate of drug-likeness (QED) is 0.534. The van der Waals surface area contributed by atoms with Crippen molar-refractivity contribution in [3.05, 3.63) is 70.3 Å². The Morgan fingerprint density at radius 3 is 2.00 bits per heavy atom. The highest BCUT2D eigenvalue weighted by atomic mass is 79.9. The van der Waals surface area contributed by atoms with Gasteiger partial charge in [0.15, 0.2) is 0 Å². The van der Waals surface area contributed by atoms with Gasteiger partial charge in [-0.25, -0.2) is 17.6 Å². The summed E-state index contributed by atoms with van der Waals surface area (Å²) in [6.45, 7) is 1.44. The van der Waals surface area contributed by atoms with Crippen LogP contribution in [0.5, 0.6) is 0 Å². The van der Waals surface area contributed by atoms with Crippen LogP contribution in [0.4, 0.5) is 17.6 Å². The van der Waals surface area contributed by atoms with Crippen LogP contribution in [0.25, 0.3) is 0 Å². The van der Waals surface area contributed by atoms with Gasteiger partial charge in [-0.1, -0.05) is 15.9 Å². The summed E-state index contributed by atoms with van der Waals surface area (Å²) in [4.78, 5) is -0.826. The molecule has 2 rings (SSSR count). The van der Waals surface area contributed by atoms with E-state index in [0.29, 0.717) is 0 Å². The highest BCUT2D eigenvalue weighted by molar-refractivity contribution is 9.09. The summed E-state index contributed by atoms with van der Waals surface area (Å²) in [7, 11) is 0. The molecule has 2 aromatic rings. The molecule has 0 saturated heterocycles. The fraction of sp³-hybridized carbons (Fsp3) is 0.143. The monoisotopic (exact) mass is 332 g/mol. The van der Waals surface area contributed by atoms with E-state index in [4.69, 9.17) is 0 Å². The van der Waals surface area contributed by atoms with Gasteiger partial charge in [0, 0.05) is 11.6 Å². The van der Waals surface area contributed by atoms with Crippen LogP contribution in [0, 0.1) is 30.2 Å². The summed E-state index contributed by atoms with van der Waals surface area (Å²) in [6, 6.07) is 4.93. The molecule has 100 valence electrons. The lowest BCUT2D eigenvalue weighted by Crippen LogP contribution is -2.00. The van der Waals surface area contributed by atoms with E-state index in [2.05, 4.69) is 15.9 Å². The minimum Gasteiger partial charge on any atom is -0.207 e. The molecular weight excluding hydrogens is 324 g/mol. The Labute approximate surface area is 116 Å². The van der Waals surface area contributed by atoms with Crippen molar-refractivity contribution in [3.8, 4) is 0 Å². The second-order valence-corrected chi connectivity index (χ2v) is 5.10. The molecule has 0 radical (unpaired) electrons. The summed E-state index contributed by atoms with van der Waals surface area (Å²) in [6.07, 6.45) is 0. The molecule has 19 heavy (non-hydrogen) atoms. The van der Waals surface area contributed by atoms with Gasteiger partial charge < -0.3 is 0 Å². The zero-order valence-electron chi connectivity index (χ0n) is 9.85. The van der Waals surface area contributed by atoms with Crippen LogP contribution in [-0.2, 0) is 0 Å². The second kappa shape index (κ2) is 5.33. The van der Waals surface area contributed by atoms with Crippen LogP contribution in [0.1, 0.15) is 21.5 Å². The molecule has 5 heteroatoms. The molecule has 2 aromatic carbocycles. The molecule has 0 amide bonds. The van der Waals surface area contributed by atoms with E-state index >= 15 is 0 Å². The Kier molecular flexibility index (Phi) is 3.94. The summed E-state index contributed by atoms with van der Waals surface area (Å²) < 4.78 is 53.5. The predicted molar refractivity (Wildman–Crippen MR) is 68.2 cm³/mol. The Bertz CT molecular complexity index is 605. The Morgan fingerprint density at radius 2 is 1.42 bits per heavy atom. The number of rotatable bonds is 2. The third-order valence-electron chi connectivity index (χ3n) is 2.73. The largest absolute Gasteiger partial charge is 0.207 e. The van der Waals surface area contributed by atoms with Crippen LogP contribution < -0.4 is 0 Å². The van der Waals surface area contributed by atoms with Gasteiger partial charge >= 0.3 is 0 Å². The molecule has 1 unspecified atom stereocenters. The van der Waals surface area contributed by atoms with Gasteiger partial charge in [0.25, 0.3) is 0 Å². The van der Waals surface area contributed by atoms with Crippen molar-refractivity contribution in [1.29, 1.82) is 0 Å². The SMILES string of the molecule is Cc1cc(F)c(C(Br)c2cc(F)cc(F)c2)cc1F. The minimum atomic E-state index is -0.826. The minimum absolute atomic E-state index is 0.00639. The second-order valence-electron chi connectivity index (χ2n) is 4.19.